The van der Waals surface area contributed by atoms with Gasteiger partial charge in [-0.1, -0.05) is 6.07 Å². The van der Waals surface area contributed by atoms with E-state index in [4.69, 9.17) is 9.47 Å². The lowest BCUT2D eigenvalue weighted by Crippen LogP contribution is -2.44. The molecular weight excluding hydrogens is 590 g/mol. The Balaban J connectivity index is 1.38. The van der Waals surface area contributed by atoms with Crippen LogP contribution in [0.4, 0.5) is 36.8 Å². The molecular formula is C27H30F6N4O6. The number of ether oxygens (including phenoxy) is 4. The van der Waals surface area contributed by atoms with Gasteiger partial charge in [0.2, 0.25) is 5.91 Å². The second-order valence-corrected chi connectivity index (χ2v) is 9.87. The van der Waals surface area contributed by atoms with Crippen molar-refractivity contribution in [3.8, 4) is 17.2 Å². The van der Waals surface area contributed by atoms with Gasteiger partial charge in [0.15, 0.2) is 0 Å². The molecule has 236 valence electrons. The number of nitrogens with one attached hydrogen (secondary N) is 3. The standard InChI is InChI=1S/C27H30F6N4O6/c28-26(29,30)42-20-6-4-19(5-7-20)41-23-16-18(15-22(23)24(38)34-8-9-37-10-12-40-13-11-37)36-25(39)35-17-2-1-3-21(14-17)43-27(31,32)33/h1-7,14,18,22-23H,8-13,15-16H2,(H,34,38)(H2,35,36,39). The van der Waals surface area contributed by atoms with Crippen molar-refractivity contribution in [3.05, 3.63) is 48.5 Å². The maximum absolute atomic E-state index is 13.2. The number of hydrogen-bond acceptors (Lipinski definition) is 7. The number of rotatable bonds is 10. The first-order valence-corrected chi connectivity index (χ1v) is 13.4. The molecule has 3 amide bonds. The molecule has 16 heteroatoms. The highest BCUT2D eigenvalue weighted by molar-refractivity contribution is 5.89. The van der Waals surface area contributed by atoms with Crippen LogP contribution in [0.5, 0.6) is 17.2 Å². The van der Waals surface area contributed by atoms with Crippen LogP contribution in [0.25, 0.3) is 0 Å². The van der Waals surface area contributed by atoms with E-state index in [-0.39, 0.29) is 30.2 Å². The third-order valence-corrected chi connectivity index (χ3v) is 6.68. The molecule has 1 saturated carbocycles. The fraction of sp³-hybridized carbons (Fsp3) is 0.481. The van der Waals surface area contributed by atoms with Gasteiger partial charge in [-0.15, -0.1) is 26.3 Å². The number of anilines is 1. The predicted molar refractivity (Wildman–Crippen MR) is 140 cm³/mol. The number of carbonyl (C=O) groups is 2. The van der Waals surface area contributed by atoms with E-state index < -0.39 is 48.3 Å². The predicted octanol–water partition coefficient (Wildman–Crippen LogP) is 4.28. The van der Waals surface area contributed by atoms with Crippen molar-refractivity contribution in [1.29, 1.82) is 0 Å². The summed E-state index contributed by atoms with van der Waals surface area (Å²) in [7, 11) is 0. The van der Waals surface area contributed by atoms with Gasteiger partial charge in [-0.05, 0) is 42.8 Å². The second kappa shape index (κ2) is 14.0. The molecule has 10 nitrogen and oxygen atoms in total. The summed E-state index contributed by atoms with van der Waals surface area (Å²) >= 11 is 0. The van der Waals surface area contributed by atoms with Crippen molar-refractivity contribution in [2.24, 2.45) is 5.92 Å². The molecule has 3 atom stereocenters. The summed E-state index contributed by atoms with van der Waals surface area (Å²) in [4.78, 5) is 28.0. The maximum atomic E-state index is 13.2. The zero-order valence-electron chi connectivity index (χ0n) is 22.7. The van der Waals surface area contributed by atoms with Crippen LogP contribution in [0.1, 0.15) is 12.8 Å². The second-order valence-electron chi connectivity index (χ2n) is 9.87. The van der Waals surface area contributed by atoms with Gasteiger partial charge >= 0.3 is 18.8 Å². The van der Waals surface area contributed by atoms with Crippen molar-refractivity contribution in [2.75, 3.05) is 44.7 Å². The Hall–Kier alpha value is -3.92. The quantitative estimate of drug-likeness (QED) is 0.340. The lowest BCUT2D eigenvalue weighted by molar-refractivity contribution is -0.275. The number of halogens is 6. The van der Waals surface area contributed by atoms with Crippen LogP contribution in [-0.2, 0) is 9.53 Å². The number of nitrogens with zero attached hydrogens (tertiary/aromatic N) is 1. The minimum absolute atomic E-state index is 0.0450. The van der Waals surface area contributed by atoms with E-state index in [0.29, 0.717) is 26.3 Å². The molecule has 1 aliphatic carbocycles. The Morgan fingerprint density at radius 2 is 1.53 bits per heavy atom. The van der Waals surface area contributed by atoms with E-state index in [0.717, 1.165) is 37.4 Å². The number of benzene rings is 2. The molecule has 2 aliphatic rings. The number of alkyl halides is 6. The summed E-state index contributed by atoms with van der Waals surface area (Å²) in [5.41, 5.74) is 0.0450. The normalized spacial score (nSPS) is 21.1. The molecule has 1 saturated heterocycles. The van der Waals surface area contributed by atoms with Gasteiger partial charge in [0, 0.05) is 50.4 Å². The third kappa shape index (κ3) is 10.7. The van der Waals surface area contributed by atoms with Gasteiger partial charge < -0.3 is 34.9 Å². The number of hydrogen-bond donors (Lipinski definition) is 3. The molecule has 2 fully saturated rings. The van der Waals surface area contributed by atoms with Crippen molar-refractivity contribution in [3.63, 3.8) is 0 Å². The van der Waals surface area contributed by atoms with E-state index in [9.17, 15) is 35.9 Å². The summed E-state index contributed by atoms with van der Waals surface area (Å²) in [5, 5.41) is 8.02. The topological polar surface area (TPSA) is 110 Å². The average molecular weight is 621 g/mol. The molecule has 3 unspecified atom stereocenters. The molecule has 4 rings (SSSR count). The van der Waals surface area contributed by atoms with E-state index in [1.807, 2.05) is 0 Å². The lowest BCUT2D eigenvalue weighted by atomic mass is 10.0. The molecule has 1 heterocycles. The summed E-state index contributed by atoms with van der Waals surface area (Å²) in [5.74, 6) is -1.80. The molecule has 1 aliphatic heterocycles. The number of morpholine rings is 1. The van der Waals surface area contributed by atoms with Crippen LogP contribution < -0.4 is 30.2 Å². The van der Waals surface area contributed by atoms with E-state index in [1.165, 1.54) is 24.3 Å². The summed E-state index contributed by atoms with van der Waals surface area (Å²) < 4.78 is 94.1. The summed E-state index contributed by atoms with van der Waals surface area (Å²) in [6.45, 7) is 3.66. The van der Waals surface area contributed by atoms with E-state index in [2.05, 4.69) is 30.3 Å². The van der Waals surface area contributed by atoms with Crippen LogP contribution in [0.2, 0.25) is 0 Å². The molecule has 2 aromatic carbocycles. The number of amides is 3. The average Bonchev–Trinajstić information content (AvgIpc) is 3.30. The zero-order valence-corrected chi connectivity index (χ0v) is 22.7. The molecule has 0 aromatic heterocycles. The van der Waals surface area contributed by atoms with Gasteiger partial charge in [-0.25, -0.2) is 4.79 Å². The van der Waals surface area contributed by atoms with Gasteiger partial charge in [0.25, 0.3) is 0 Å². The molecule has 2 aromatic rings. The number of carbonyl (C=O) groups excluding carboxylic acids is 2. The highest BCUT2D eigenvalue weighted by atomic mass is 19.4. The highest BCUT2D eigenvalue weighted by Gasteiger charge is 2.41. The summed E-state index contributed by atoms with van der Waals surface area (Å²) in [6.07, 6.45) is -10.2. The fourth-order valence-corrected chi connectivity index (χ4v) is 4.83. The largest absolute Gasteiger partial charge is 0.573 e. The van der Waals surface area contributed by atoms with Gasteiger partial charge in [-0.2, -0.15) is 0 Å². The first-order valence-electron chi connectivity index (χ1n) is 13.4. The third-order valence-electron chi connectivity index (χ3n) is 6.68. The van der Waals surface area contributed by atoms with Crippen molar-refractivity contribution < 1.29 is 54.9 Å². The van der Waals surface area contributed by atoms with Crippen LogP contribution in [0.3, 0.4) is 0 Å². The molecule has 0 bridgehead atoms. The first kappa shape index (κ1) is 32.0. The minimum Gasteiger partial charge on any atom is -0.490 e. The van der Waals surface area contributed by atoms with Crippen LogP contribution in [0.15, 0.2) is 48.5 Å². The maximum Gasteiger partial charge on any atom is 0.573 e. The van der Waals surface area contributed by atoms with Crippen LogP contribution in [-0.4, -0.2) is 81.1 Å². The minimum atomic E-state index is -4.90. The molecule has 3 N–H and O–H groups in total. The SMILES string of the molecule is O=C(Nc1cccc(OC(F)(F)F)c1)NC1CC(Oc2ccc(OC(F)(F)F)cc2)C(C(=O)NCCN2CCOCC2)C1. The van der Waals surface area contributed by atoms with E-state index >= 15 is 0 Å². The molecule has 0 spiro atoms. The van der Waals surface area contributed by atoms with Gasteiger partial charge in [-0.3, -0.25) is 9.69 Å². The van der Waals surface area contributed by atoms with Crippen LogP contribution >= 0.6 is 0 Å². The van der Waals surface area contributed by atoms with Gasteiger partial charge in [0.05, 0.1) is 19.1 Å². The monoisotopic (exact) mass is 620 g/mol. The Bertz CT molecular complexity index is 1220. The van der Waals surface area contributed by atoms with Crippen molar-refractivity contribution in [2.45, 2.75) is 37.7 Å². The van der Waals surface area contributed by atoms with Crippen LogP contribution in [0, 0.1) is 5.92 Å². The van der Waals surface area contributed by atoms with Crippen molar-refractivity contribution >= 4 is 17.6 Å². The zero-order chi connectivity index (χ0) is 31.0. The first-order chi connectivity index (χ1) is 20.3. The van der Waals surface area contributed by atoms with Gasteiger partial charge in [0.1, 0.15) is 23.4 Å². The fourth-order valence-electron chi connectivity index (χ4n) is 4.83. The Labute approximate surface area is 242 Å². The molecule has 0 radical (unpaired) electrons. The Morgan fingerprint density at radius 3 is 2.21 bits per heavy atom. The Morgan fingerprint density at radius 1 is 0.884 bits per heavy atom. The Kier molecular flexibility index (Phi) is 10.4. The lowest BCUT2D eigenvalue weighted by Gasteiger charge is -2.27. The summed E-state index contributed by atoms with van der Waals surface area (Å²) in [6, 6.07) is 8.15. The van der Waals surface area contributed by atoms with E-state index in [1.54, 1.807) is 0 Å². The highest BCUT2D eigenvalue weighted by Crippen LogP contribution is 2.32. The molecule has 43 heavy (non-hydrogen) atoms. The van der Waals surface area contributed by atoms with Crippen molar-refractivity contribution in [1.82, 2.24) is 15.5 Å². The smallest absolute Gasteiger partial charge is 0.490 e. The number of urea groups is 1.